The number of carbonyl (C=O) groups is 1. The van der Waals surface area contributed by atoms with E-state index in [0.29, 0.717) is 5.78 Å². The fourth-order valence-electron chi connectivity index (χ4n) is 2.89. The van der Waals surface area contributed by atoms with Crippen molar-refractivity contribution >= 4 is 5.78 Å². The molecule has 1 nitrogen and oxygen atoms in total. The molecule has 68 valence electrons. The van der Waals surface area contributed by atoms with Gasteiger partial charge in [-0.3, -0.25) is 4.79 Å². The second-order valence-electron chi connectivity index (χ2n) is 4.44. The van der Waals surface area contributed by atoms with E-state index >= 15 is 0 Å². The van der Waals surface area contributed by atoms with E-state index < -0.39 is 0 Å². The van der Waals surface area contributed by atoms with Gasteiger partial charge in [0.05, 0.1) is 0 Å². The first-order valence-electron chi connectivity index (χ1n) is 5.38. The van der Waals surface area contributed by atoms with Crippen LogP contribution in [-0.4, -0.2) is 5.78 Å². The lowest BCUT2D eigenvalue weighted by atomic mass is 9.84. The number of ketones is 1. The quantitative estimate of drug-likeness (QED) is 0.540. The van der Waals surface area contributed by atoms with E-state index in [4.69, 9.17) is 0 Å². The van der Waals surface area contributed by atoms with E-state index in [1.54, 1.807) is 0 Å². The van der Waals surface area contributed by atoms with Gasteiger partial charge in [0.2, 0.25) is 0 Å². The third-order valence-electron chi connectivity index (χ3n) is 3.59. The summed E-state index contributed by atoms with van der Waals surface area (Å²) in [5.41, 5.74) is 0. The molecule has 12 heavy (non-hydrogen) atoms. The van der Waals surface area contributed by atoms with Crippen LogP contribution in [-0.2, 0) is 4.79 Å². The number of hydrogen-bond acceptors (Lipinski definition) is 1. The van der Waals surface area contributed by atoms with Crippen LogP contribution in [0, 0.1) is 11.8 Å². The average molecular weight is 166 g/mol. The standard InChI is InChI=1S/C11H18O/c12-11-7-2-1-4-9-5-3-6-10(9)8-11/h9-10H,1-8H2. The Morgan fingerprint density at radius 2 is 1.67 bits per heavy atom. The smallest absolute Gasteiger partial charge is 0.133 e. The summed E-state index contributed by atoms with van der Waals surface area (Å²) in [6.07, 6.45) is 9.73. The number of carbonyl (C=O) groups excluding carboxylic acids is 1. The van der Waals surface area contributed by atoms with Crippen molar-refractivity contribution in [2.24, 2.45) is 11.8 Å². The molecule has 2 atom stereocenters. The van der Waals surface area contributed by atoms with Crippen molar-refractivity contribution in [3.63, 3.8) is 0 Å². The molecule has 2 aliphatic rings. The molecule has 1 heteroatoms. The molecule has 0 aromatic carbocycles. The van der Waals surface area contributed by atoms with Crippen LogP contribution in [0.4, 0.5) is 0 Å². The number of hydrogen-bond donors (Lipinski definition) is 0. The molecule has 0 aromatic rings. The Labute approximate surface area is 74.5 Å². The lowest BCUT2D eigenvalue weighted by Crippen LogP contribution is -2.15. The second-order valence-corrected chi connectivity index (χ2v) is 4.44. The van der Waals surface area contributed by atoms with Gasteiger partial charge in [0.1, 0.15) is 5.78 Å². The molecule has 0 aromatic heterocycles. The molecule has 0 saturated heterocycles. The highest BCUT2D eigenvalue weighted by Gasteiger charge is 2.29. The molecule has 0 aliphatic heterocycles. The van der Waals surface area contributed by atoms with Gasteiger partial charge in [-0.15, -0.1) is 0 Å². The third-order valence-corrected chi connectivity index (χ3v) is 3.59. The molecule has 0 heterocycles. The Kier molecular flexibility index (Phi) is 2.48. The van der Waals surface area contributed by atoms with Crippen molar-refractivity contribution < 1.29 is 4.79 Å². The Balaban J connectivity index is 1.98. The molecule has 0 radical (unpaired) electrons. The van der Waals surface area contributed by atoms with Crippen LogP contribution in [0.15, 0.2) is 0 Å². The Hall–Kier alpha value is -0.330. The summed E-state index contributed by atoms with van der Waals surface area (Å²) in [6.45, 7) is 0. The molecular formula is C11H18O. The van der Waals surface area contributed by atoms with Crippen LogP contribution >= 0.6 is 0 Å². The van der Waals surface area contributed by atoms with Gasteiger partial charge in [0.15, 0.2) is 0 Å². The van der Waals surface area contributed by atoms with Gasteiger partial charge >= 0.3 is 0 Å². The van der Waals surface area contributed by atoms with Crippen molar-refractivity contribution in [2.45, 2.75) is 51.4 Å². The molecular weight excluding hydrogens is 148 g/mol. The Bertz CT molecular complexity index is 174. The van der Waals surface area contributed by atoms with Gasteiger partial charge in [-0.25, -0.2) is 0 Å². The molecule has 2 unspecified atom stereocenters. The molecule has 0 N–H and O–H groups in total. The molecule has 2 aliphatic carbocycles. The molecule has 0 amide bonds. The maximum Gasteiger partial charge on any atom is 0.133 e. The first kappa shape index (κ1) is 8.28. The Morgan fingerprint density at radius 3 is 2.58 bits per heavy atom. The fourth-order valence-corrected chi connectivity index (χ4v) is 2.89. The van der Waals surface area contributed by atoms with Gasteiger partial charge in [0.25, 0.3) is 0 Å². The molecule has 2 rings (SSSR count). The summed E-state index contributed by atoms with van der Waals surface area (Å²) in [5, 5.41) is 0. The van der Waals surface area contributed by atoms with Gasteiger partial charge in [-0.1, -0.05) is 25.7 Å². The van der Waals surface area contributed by atoms with E-state index in [1.165, 1.54) is 32.1 Å². The van der Waals surface area contributed by atoms with E-state index in [2.05, 4.69) is 0 Å². The van der Waals surface area contributed by atoms with Gasteiger partial charge in [-0.2, -0.15) is 0 Å². The number of Topliss-reactive ketones (excluding diaryl/α,β-unsaturated/α-hetero) is 1. The van der Waals surface area contributed by atoms with Crippen LogP contribution in [0.1, 0.15) is 51.4 Å². The first-order chi connectivity index (χ1) is 5.86. The van der Waals surface area contributed by atoms with Gasteiger partial charge < -0.3 is 0 Å². The first-order valence-corrected chi connectivity index (χ1v) is 5.38. The zero-order valence-corrected chi connectivity index (χ0v) is 7.72. The van der Waals surface area contributed by atoms with E-state index in [-0.39, 0.29) is 0 Å². The van der Waals surface area contributed by atoms with Crippen LogP contribution in [0.3, 0.4) is 0 Å². The van der Waals surface area contributed by atoms with Crippen LogP contribution < -0.4 is 0 Å². The average Bonchev–Trinajstić information content (AvgIpc) is 2.42. The lowest BCUT2D eigenvalue weighted by molar-refractivity contribution is -0.120. The predicted octanol–water partition coefficient (Wildman–Crippen LogP) is 2.94. The molecule has 2 fully saturated rings. The lowest BCUT2D eigenvalue weighted by Gasteiger charge is -2.21. The number of rotatable bonds is 0. The maximum absolute atomic E-state index is 11.4. The SMILES string of the molecule is O=C1CCCCC2CCCC2C1. The summed E-state index contributed by atoms with van der Waals surface area (Å²) in [5.74, 6) is 2.22. The predicted molar refractivity (Wildman–Crippen MR) is 48.9 cm³/mol. The normalized spacial score (nSPS) is 37.2. The van der Waals surface area contributed by atoms with Crippen LogP contribution in [0.5, 0.6) is 0 Å². The fraction of sp³-hybridized carbons (Fsp3) is 0.909. The minimum atomic E-state index is 0.534. The highest BCUT2D eigenvalue weighted by atomic mass is 16.1. The highest BCUT2D eigenvalue weighted by Crippen LogP contribution is 2.39. The van der Waals surface area contributed by atoms with Gasteiger partial charge in [-0.05, 0) is 24.7 Å². The minimum Gasteiger partial charge on any atom is -0.300 e. The summed E-state index contributed by atoms with van der Waals surface area (Å²) in [7, 11) is 0. The molecule has 0 spiro atoms. The third kappa shape index (κ3) is 1.70. The molecule has 0 bridgehead atoms. The topological polar surface area (TPSA) is 17.1 Å². The van der Waals surface area contributed by atoms with Gasteiger partial charge in [0, 0.05) is 12.8 Å². The van der Waals surface area contributed by atoms with E-state index in [1.807, 2.05) is 0 Å². The number of fused-ring (bicyclic) bond motifs is 1. The monoisotopic (exact) mass is 166 g/mol. The maximum atomic E-state index is 11.4. The highest BCUT2D eigenvalue weighted by molar-refractivity contribution is 5.78. The van der Waals surface area contributed by atoms with Crippen molar-refractivity contribution in [1.29, 1.82) is 0 Å². The van der Waals surface area contributed by atoms with E-state index in [9.17, 15) is 4.79 Å². The van der Waals surface area contributed by atoms with Crippen molar-refractivity contribution in [3.05, 3.63) is 0 Å². The summed E-state index contributed by atoms with van der Waals surface area (Å²) in [4.78, 5) is 11.4. The minimum absolute atomic E-state index is 0.534. The summed E-state index contributed by atoms with van der Waals surface area (Å²) >= 11 is 0. The van der Waals surface area contributed by atoms with Crippen molar-refractivity contribution in [2.75, 3.05) is 0 Å². The zero-order chi connectivity index (χ0) is 8.39. The molecule has 2 saturated carbocycles. The largest absolute Gasteiger partial charge is 0.300 e. The van der Waals surface area contributed by atoms with Crippen LogP contribution in [0.25, 0.3) is 0 Å². The van der Waals surface area contributed by atoms with Crippen molar-refractivity contribution in [3.8, 4) is 0 Å². The van der Waals surface area contributed by atoms with Crippen LogP contribution in [0.2, 0.25) is 0 Å². The zero-order valence-electron chi connectivity index (χ0n) is 7.72. The van der Waals surface area contributed by atoms with E-state index in [0.717, 1.165) is 31.1 Å². The Morgan fingerprint density at radius 1 is 0.917 bits per heavy atom. The second kappa shape index (κ2) is 3.59. The summed E-state index contributed by atoms with van der Waals surface area (Å²) in [6, 6.07) is 0. The summed E-state index contributed by atoms with van der Waals surface area (Å²) < 4.78 is 0. The van der Waals surface area contributed by atoms with Crippen molar-refractivity contribution in [1.82, 2.24) is 0 Å².